The molecule has 54 heavy (non-hydrogen) atoms. The lowest BCUT2D eigenvalue weighted by atomic mass is 10.0. The molecule has 14 heteroatoms. The minimum atomic E-state index is -0.616. The van der Waals surface area contributed by atoms with E-state index in [1.807, 2.05) is 59.2 Å². The van der Waals surface area contributed by atoms with Crippen molar-refractivity contribution in [2.45, 2.75) is 44.3 Å². The van der Waals surface area contributed by atoms with Crippen LogP contribution in [0.1, 0.15) is 53.2 Å². The van der Waals surface area contributed by atoms with E-state index in [9.17, 15) is 18.8 Å². The number of piperidine rings is 1. The van der Waals surface area contributed by atoms with Crippen LogP contribution in [0.5, 0.6) is 0 Å². The number of amides is 3. The number of hydrogen-bond donors (Lipinski definition) is 2. The molecule has 0 radical (unpaired) electrons. The van der Waals surface area contributed by atoms with Gasteiger partial charge in [0, 0.05) is 70.0 Å². The zero-order valence-corrected chi connectivity index (χ0v) is 29.8. The number of nitrogens with one attached hydrogen (secondary N) is 2. The summed E-state index contributed by atoms with van der Waals surface area (Å²) in [4.78, 5) is 55.3. The molecule has 0 aliphatic carbocycles. The van der Waals surface area contributed by atoms with Gasteiger partial charge in [-0.15, -0.1) is 5.10 Å². The molecule has 3 fully saturated rings. The van der Waals surface area contributed by atoms with E-state index in [4.69, 9.17) is 10.1 Å². The van der Waals surface area contributed by atoms with Gasteiger partial charge in [-0.1, -0.05) is 18.2 Å². The summed E-state index contributed by atoms with van der Waals surface area (Å²) in [5.41, 5.74) is 5.76. The molecule has 2 N–H and O–H groups in total. The highest BCUT2D eigenvalue weighted by Crippen LogP contribution is 2.36. The second-order valence-corrected chi connectivity index (χ2v) is 14.4. The Morgan fingerprint density at radius 2 is 1.72 bits per heavy atom. The molecular formula is C40H41FN10O3. The van der Waals surface area contributed by atoms with Crippen molar-refractivity contribution >= 4 is 40.7 Å². The molecule has 2 atom stereocenters. The lowest BCUT2D eigenvalue weighted by Crippen LogP contribution is -2.52. The Hall–Kier alpha value is -5.89. The number of fused-ring (bicyclic) bond motifs is 2. The van der Waals surface area contributed by atoms with E-state index >= 15 is 0 Å². The van der Waals surface area contributed by atoms with Crippen molar-refractivity contribution < 1.29 is 18.8 Å². The van der Waals surface area contributed by atoms with Crippen molar-refractivity contribution in [2.75, 3.05) is 60.9 Å². The third-order valence-corrected chi connectivity index (χ3v) is 11.1. The molecular weight excluding hydrogens is 688 g/mol. The quantitative estimate of drug-likeness (QED) is 0.212. The van der Waals surface area contributed by atoms with Crippen molar-refractivity contribution in [1.29, 1.82) is 0 Å². The Morgan fingerprint density at radius 1 is 0.852 bits per heavy atom. The van der Waals surface area contributed by atoms with Gasteiger partial charge in [0.1, 0.15) is 29.2 Å². The lowest BCUT2D eigenvalue weighted by molar-refractivity contribution is -0.136. The van der Waals surface area contributed by atoms with Gasteiger partial charge in [0.15, 0.2) is 5.65 Å². The molecule has 5 aromatic rings. The van der Waals surface area contributed by atoms with Crippen LogP contribution in [0.15, 0.2) is 79.0 Å². The predicted molar refractivity (Wildman–Crippen MR) is 202 cm³/mol. The maximum atomic E-state index is 14.1. The number of carbonyl (C=O) groups is 3. The third kappa shape index (κ3) is 6.50. The first-order valence-corrected chi connectivity index (χ1v) is 18.7. The van der Waals surface area contributed by atoms with E-state index < -0.39 is 11.9 Å². The van der Waals surface area contributed by atoms with E-state index in [2.05, 4.69) is 36.4 Å². The molecule has 3 saturated heterocycles. The van der Waals surface area contributed by atoms with Crippen molar-refractivity contribution in [1.82, 2.24) is 34.7 Å². The first-order chi connectivity index (χ1) is 26.4. The minimum absolute atomic E-state index is 0.0689. The summed E-state index contributed by atoms with van der Waals surface area (Å²) in [5, 5.41) is 10.9. The monoisotopic (exact) mass is 728 g/mol. The van der Waals surface area contributed by atoms with Crippen LogP contribution in [-0.2, 0) is 16.1 Å². The summed E-state index contributed by atoms with van der Waals surface area (Å²) < 4.78 is 15.9. The number of halogens is 1. The zero-order valence-electron chi connectivity index (χ0n) is 29.8. The van der Waals surface area contributed by atoms with Gasteiger partial charge in [-0.3, -0.25) is 24.6 Å². The molecule has 4 aliphatic heterocycles. The van der Waals surface area contributed by atoms with Crippen LogP contribution in [0, 0.1) is 5.82 Å². The van der Waals surface area contributed by atoms with E-state index in [0.29, 0.717) is 18.5 Å². The van der Waals surface area contributed by atoms with Gasteiger partial charge in [0.2, 0.25) is 11.8 Å². The first kappa shape index (κ1) is 33.9. The highest BCUT2D eigenvalue weighted by atomic mass is 19.1. The highest BCUT2D eigenvalue weighted by Gasteiger charge is 2.39. The van der Waals surface area contributed by atoms with Gasteiger partial charge in [0.05, 0.1) is 17.9 Å². The molecule has 13 nitrogen and oxygen atoms in total. The fourth-order valence-corrected chi connectivity index (χ4v) is 8.28. The van der Waals surface area contributed by atoms with E-state index in [1.54, 1.807) is 17.0 Å². The summed E-state index contributed by atoms with van der Waals surface area (Å²) in [5.74, 6) is 0.674. The van der Waals surface area contributed by atoms with Gasteiger partial charge in [0.25, 0.3) is 5.91 Å². The van der Waals surface area contributed by atoms with Crippen LogP contribution in [-0.4, -0.2) is 99.0 Å². The topological polar surface area (TPSA) is 131 Å². The van der Waals surface area contributed by atoms with Gasteiger partial charge < -0.3 is 20.0 Å². The van der Waals surface area contributed by atoms with E-state index in [1.165, 1.54) is 6.07 Å². The van der Waals surface area contributed by atoms with Crippen molar-refractivity contribution in [2.24, 2.45) is 0 Å². The summed E-state index contributed by atoms with van der Waals surface area (Å²) in [6.45, 7) is 6.32. The van der Waals surface area contributed by atoms with Crippen LogP contribution in [0.2, 0.25) is 0 Å². The second kappa shape index (κ2) is 14.2. The number of rotatable bonds is 9. The van der Waals surface area contributed by atoms with Gasteiger partial charge in [-0.25, -0.2) is 18.9 Å². The van der Waals surface area contributed by atoms with Crippen LogP contribution < -0.4 is 20.4 Å². The molecule has 0 spiro atoms. The number of hydrogen-bond acceptors (Lipinski definition) is 10. The second-order valence-electron chi connectivity index (χ2n) is 14.4. The number of piperazine rings is 1. The standard InChI is InChI=1S/C40H41FN10O3/c41-28-5-1-4-26(22-28)32-7-3-16-49(32)37-13-12-35-43-24-34(51(35)46-37)31-6-2-8-36(44-31)48-20-18-47(19-21-48)17-15-42-29-9-10-30-27(23-29)25-50(40(30)54)33-11-14-38(52)45-39(33)53/h1-2,4-6,8-10,12-13,22-24,32-33,42H,3,7,11,14-21,25H2,(H,45,52,53). The number of anilines is 3. The highest BCUT2D eigenvalue weighted by molar-refractivity contribution is 6.05. The van der Waals surface area contributed by atoms with E-state index in [-0.39, 0.29) is 30.1 Å². The number of pyridine rings is 1. The fourth-order valence-electron chi connectivity index (χ4n) is 8.28. The van der Waals surface area contributed by atoms with Crippen LogP contribution in [0.4, 0.5) is 21.7 Å². The number of carbonyl (C=O) groups excluding carboxylic acids is 3. The summed E-state index contributed by atoms with van der Waals surface area (Å²) >= 11 is 0. The number of nitrogens with zero attached hydrogens (tertiary/aromatic N) is 8. The van der Waals surface area contributed by atoms with Crippen LogP contribution in [0.3, 0.4) is 0 Å². The third-order valence-electron chi connectivity index (χ3n) is 11.1. The largest absolute Gasteiger partial charge is 0.384 e. The summed E-state index contributed by atoms with van der Waals surface area (Å²) in [6.07, 6.45) is 4.37. The van der Waals surface area contributed by atoms with Crippen molar-refractivity contribution in [3.63, 3.8) is 0 Å². The molecule has 276 valence electrons. The Kier molecular flexibility index (Phi) is 8.89. The predicted octanol–water partition coefficient (Wildman–Crippen LogP) is 4.27. The molecule has 3 amide bonds. The van der Waals surface area contributed by atoms with Crippen molar-refractivity contribution in [3.8, 4) is 11.4 Å². The molecule has 0 saturated carbocycles. The SMILES string of the molecule is O=C1CCC(N2Cc3cc(NCCN4CCN(c5cccc(-c6cnc7ccc(N8CCCC8c8cccc(F)c8)nn67)n5)CC4)ccc3C2=O)C(=O)N1. The summed E-state index contributed by atoms with van der Waals surface area (Å²) in [7, 11) is 0. The Balaban J connectivity index is 0.807. The van der Waals surface area contributed by atoms with Crippen LogP contribution >= 0.6 is 0 Å². The Morgan fingerprint density at radius 3 is 2.57 bits per heavy atom. The van der Waals surface area contributed by atoms with Gasteiger partial charge in [-0.2, -0.15) is 0 Å². The first-order valence-electron chi connectivity index (χ1n) is 18.7. The maximum absolute atomic E-state index is 14.1. The average Bonchev–Trinajstić information content (AvgIpc) is 3.93. The van der Waals surface area contributed by atoms with Gasteiger partial charge >= 0.3 is 0 Å². The normalized spacial score (nSPS) is 20.5. The molecule has 9 rings (SSSR count). The minimum Gasteiger partial charge on any atom is -0.384 e. The molecule has 0 bridgehead atoms. The van der Waals surface area contributed by atoms with E-state index in [0.717, 1.165) is 104 Å². The Labute approximate surface area is 311 Å². The molecule has 3 aromatic heterocycles. The smallest absolute Gasteiger partial charge is 0.255 e. The van der Waals surface area contributed by atoms with Crippen molar-refractivity contribution in [3.05, 3.63) is 102 Å². The fraction of sp³-hybridized carbons (Fsp3) is 0.350. The number of imide groups is 1. The number of aromatic nitrogens is 4. The maximum Gasteiger partial charge on any atom is 0.255 e. The molecule has 2 unspecified atom stereocenters. The lowest BCUT2D eigenvalue weighted by Gasteiger charge is -2.35. The number of benzene rings is 2. The number of imidazole rings is 1. The molecule has 4 aliphatic rings. The average molecular weight is 729 g/mol. The Bertz CT molecular complexity index is 2250. The van der Waals surface area contributed by atoms with Gasteiger partial charge in [-0.05, 0) is 85.0 Å². The van der Waals surface area contributed by atoms with Crippen LogP contribution in [0.25, 0.3) is 17.0 Å². The summed E-state index contributed by atoms with van der Waals surface area (Å²) in [6, 6.07) is 22.1. The molecule has 7 heterocycles. The molecule has 2 aromatic carbocycles. The zero-order chi connectivity index (χ0) is 36.8.